The van der Waals surface area contributed by atoms with Gasteiger partial charge < -0.3 is 15.1 Å². The molecule has 0 bridgehead atoms. The molecule has 0 radical (unpaired) electrons. The molecule has 1 fully saturated rings. The number of aliphatic carboxylic acids is 1. The zero-order chi connectivity index (χ0) is 22.5. The van der Waals surface area contributed by atoms with E-state index in [9.17, 15) is 23.9 Å². The van der Waals surface area contributed by atoms with Crippen LogP contribution in [0.1, 0.15) is 42.9 Å². The summed E-state index contributed by atoms with van der Waals surface area (Å²) in [5, 5.41) is 20.0. The number of ketones is 1. The Labute approximate surface area is 183 Å². The number of likely N-dealkylation sites (tertiary alicyclic amines) is 1. The van der Waals surface area contributed by atoms with E-state index < -0.39 is 35.3 Å². The Morgan fingerprint density at radius 1 is 1.00 bits per heavy atom. The first-order chi connectivity index (χ1) is 14.8. The fraction of sp³-hybridized carbons (Fsp3) is 0.261. The summed E-state index contributed by atoms with van der Waals surface area (Å²) in [7, 11) is 0. The van der Waals surface area contributed by atoms with E-state index in [2.05, 4.69) is 0 Å². The molecule has 6 nitrogen and oxygen atoms in total. The van der Waals surface area contributed by atoms with Crippen molar-refractivity contribution in [2.24, 2.45) is 0 Å². The lowest BCUT2D eigenvalue weighted by molar-refractivity contribution is -0.140. The number of halogens is 2. The number of carbonyl (C=O) groups excluding carboxylic acids is 2. The van der Waals surface area contributed by atoms with E-state index in [1.54, 1.807) is 6.07 Å². The summed E-state index contributed by atoms with van der Waals surface area (Å²) in [5.74, 6) is -3.65. The first-order valence-corrected chi connectivity index (χ1v) is 10.2. The maximum atomic E-state index is 14.7. The summed E-state index contributed by atoms with van der Waals surface area (Å²) in [6.45, 7) is 0.126. The van der Waals surface area contributed by atoms with E-state index in [1.165, 1.54) is 47.4 Å². The molecular weight excluding hydrogens is 425 g/mol. The predicted molar refractivity (Wildman–Crippen MR) is 113 cm³/mol. The molecule has 8 heteroatoms. The maximum absolute atomic E-state index is 14.7. The van der Waals surface area contributed by atoms with Gasteiger partial charge in [-0.05, 0) is 43.2 Å². The normalized spacial score (nSPS) is 17.9. The minimum atomic E-state index is -1.09. The standard InChI is InChI=1S/C23H21ClFNO5/c24-15-11-9-14(10-12-15)21(29)19-20(16-6-3-4-7-17(16)25)26(23(31)22(19)30)13-5-1-2-8-18(27)28/h3-4,6-7,9-12,20,29H,1-2,5,8,13H2,(H,27,28)/b21-19-. The molecule has 0 aliphatic carbocycles. The van der Waals surface area contributed by atoms with Gasteiger partial charge in [0.25, 0.3) is 11.7 Å². The van der Waals surface area contributed by atoms with Crippen LogP contribution in [-0.2, 0) is 14.4 Å². The van der Waals surface area contributed by atoms with Crippen LogP contribution in [0.15, 0.2) is 54.1 Å². The molecule has 1 aliphatic heterocycles. The van der Waals surface area contributed by atoms with Gasteiger partial charge in [-0.3, -0.25) is 14.4 Å². The second kappa shape index (κ2) is 9.75. The summed E-state index contributed by atoms with van der Waals surface area (Å²) in [5.41, 5.74) is 0.191. The third-order valence-corrected chi connectivity index (χ3v) is 5.40. The number of amides is 1. The molecule has 1 unspecified atom stereocenters. The zero-order valence-electron chi connectivity index (χ0n) is 16.6. The average Bonchev–Trinajstić information content (AvgIpc) is 2.98. The van der Waals surface area contributed by atoms with Gasteiger partial charge in [-0.1, -0.05) is 36.2 Å². The Bertz CT molecular complexity index is 1030. The van der Waals surface area contributed by atoms with Crippen LogP contribution in [0.4, 0.5) is 4.39 Å². The van der Waals surface area contributed by atoms with Gasteiger partial charge in [-0.15, -0.1) is 0 Å². The Morgan fingerprint density at radius 2 is 1.68 bits per heavy atom. The average molecular weight is 446 g/mol. The molecular formula is C23H21ClFNO5. The molecule has 1 heterocycles. The van der Waals surface area contributed by atoms with Crippen molar-refractivity contribution >= 4 is 35.0 Å². The number of aliphatic hydroxyl groups excluding tert-OH is 1. The molecule has 162 valence electrons. The molecule has 2 N–H and O–H groups in total. The highest BCUT2D eigenvalue weighted by Crippen LogP contribution is 2.40. The number of rotatable bonds is 8. The monoisotopic (exact) mass is 445 g/mol. The number of nitrogens with zero attached hydrogens (tertiary/aromatic N) is 1. The Hall–Kier alpha value is -3.19. The maximum Gasteiger partial charge on any atom is 0.303 e. The van der Waals surface area contributed by atoms with Crippen LogP contribution in [0.25, 0.3) is 5.76 Å². The third kappa shape index (κ3) is 4.94. The van der Waals surface area contributed by atoms with Crippen LogP contribution < -0.4 is 0 Å². The summed E-state index contributed by atoms with van der Waals surface area (Å²) in [6.07, 6.45) is 1.39. The highest BCUT2D eigenvalue weighted by Gasteiger charge is 2.46. The smallest absolute Gasteiger partial charge is 0.303 e. The largest absolute Gasteiger partial charge is 0.507 e. The van der Waals surface area contributed by atoms with E-state index in [0.29, 0.717) is 24.3 Å². The Balaban J connectivity index is 1.99. The number of benzene rings is 2. The number of hydrogen-bond acceptors (Lipinski definition) is 4. The van der Waals surface area contributed by atoms with E-state index in [1.807, 2.05) is 0 Å². The lowest BCUT2D eigenvalue weighted by Crippen LogP contribution is -2.31. The van der Waals surface area contributed by atoms with Crippen molar-refractivity contribution in [3.05, 3.63) is 76.1 Å². The fourth-order valence-electron chi connectivity index (χ4n) is 3.63. The van der Waals surface area contributed by atoms with Crippen molar-refractivity contribution in [2.75, 3.05) is 6.54 Å². The van der Waals surface area contributed by atoms with Crippen LogP contribution in [0.2, 0.25) is 5.02 Å². The molecule has 0 spiro atoms. The SMILES string of the molecule is O=C(O)CCCCCN1C(=O)C(=O)/C(=C(\O)c2ccc(Cl)cc2)C1c1ccccc1F. The van der Waals surface area contributed by atoms with Crippen LogP contribution in [-0.4, -0.2) is 39.3 Å². The van der Waals surface area contributed by atoms with Crippen LogP contribution >= 0.6 is 11.6 Å². The highest BCUT2D eigenvalue weighted by molar-refractivity contribution is 6.46. The van der Waals surface area contributed by atoms with Crippen LogP contribution in [0.5, 0.6) is 0 Å². The number of carboxylic acid groups (broad SMARTS) is 1. The molecule has 2 aromatic carbocycles. The minimum absolute atomic E-state index is 0.00608. The summed E-state index contributed by atoms with van der Waals surface area (Å²) >= 11 is 5.89. The number of aliphatic hydroxyl groups is 1. The lowest BCUT2D eigenvalue weighted by atomic mass is 9.95. The van der Waals surface area contributed by atoms with E-state index in [0.717, 1.165) is 0 Å². The topological polar surface area (TPSA) is 94.9 Å². The van der Waals surface area contributed by atoms with Gasteiger partial charge in [-0.25, -0.2) is 4.39 Å². The first kappa shape index (κ1) is 22.5. The second-order valence-electron chi connectivity index (χ2n) is 7.23. The van der Waals surface area contributed by atoms with Crippen LogP contribution in [0, 0.1) is 5.82 Å². The van der Waals surface area contributed by atoms with Crippen molar-refractivity contribution < 1.29 is 29.0 Å². The minimum Gasteiger partial charge on any atom is -0.507 e. The predicted octanol–water partition coefficient (Wildman–Crippen LogP) is 4.55. The van der Waals surface area contributed by atoms with Crippen molar-refractivity contribution in [3.63, 3.8) is 0 Å². The van der Waals surface area contributed by atoms with Gasteiger partial charge in [-0.2, -0.15) is 0 Å². The molecule has 1 aliphatic rings. The molecule has 31 heavy (non-hydrogen) atoms. The van der Waals surface area contributed by atoms with Gasteiger partial charge >= 0.3 is 5.97 Å². The fourth-order valence-corrected chi connectivity index (χ4v) is 3.76. The van der Waals surface area contributed by atoms with Crippen molar-refractivity contribution in [2.45, 2.75) is 31.7 Å². The highest BCUT2D eigenvalue weighted by atomic mass is 35.5. The molecule has 0 aromatic heterocycles. The molecule has 1 amide bonds. The number of unbranched alkanes of at least 4 members (excludes halogenated alkanes) is 2. The first-order valence-electron chi connectivity index (χ1n) is 9.82. The van der Waals surface area contributed by atoms with E-state index in [4.69, 9.17) is 16.7 Å². The number of carboxylic acids is 1. The summed E-state index contributed by atoms with van der Waals surface area (Å²) in [4.78, 5) is 37.5. The van der Waals surface area contributed by atoms with Crippen LogP contribution in [0.3, 0.4) is 0 Å². The Kier molecular flexibility index (Phi) is 7.07. The van der Waals surface area contributed by atoms with Crippen molar-refractivity contribution in [1.82, 2.24) is 4.90 Å². The van der Waals surface area contributed by atoms with Crippen molar-refractivity contribution in [3.8, 4) is 0 Å². The van der Waals surface area contributed by atoms with Gasteiger partial charge in [0.05, 0.1) is 11.6 Å². The Morgan fingerprint density at radius 3 is 2.32 bits per heavy atom. The number of carbonyl (C=O) groups is 3. The molecule has 1 atom stereocenters. The summed E-state index contributed by atoms with van der Waals surface area (Å²) in [6, 6.07) is 10.8. The zero-order valence-corrected chi connectivity index (χ0v) is 17.3. The van der Waals surface area contributed by atoms with Gasteiger partial charge in [0.2, 0.25) is 0 Å². The second-order valence-corrected chi connectivity index (χ2v) is 7.66. The molecule has 3 rings (SSSR count). The lowest BCUT2D eigenvalue weighted by Gasteiger charge is -2.25. The van der Waals surface area contributed by atoms with Gasteiger partial charge in [0.15, 0.2) is 0 Å². The molecule has 1 saturated heterocycles. The van der Waals surface area contributed by atoms with E-state index >= 15 is 0 Å². The number of hydrogen-bond donors (Lipinski definition) is 2. The molecule has 0 saturated carbocycles. The number of Topliss-reactive ketones (excluding diaryl/α,β-unsaturated/α-hetero) is 1. The molecule has 2 aromatic rings. The third-order valence-electron chi connectivity index (χ3n) is 5.15. The summed E-state index contributed by atoms with van der Waals surface area (Å²) < 4.78 is 14.7. The van der Waals surface area contributed by atoms with Gasteiger partial charge in [0, 0.05) is 29.1 Å². The van der Waals surface area contributed by atoms with Crippen molar-refractivity contribution in [1.29, 1.82) is 0 Å². The quantitative estimate of drug-likeness (QED) is 0.269. The van der Waals surface area contributed by atoms with E-state index in [-0.39, 0.29) is 29.7 Å². The van der Waals surface area contributed by atoms with Gasteiger partial charge in [0.1, 0.15) is 11.6 Å².